The lowest BCUT2D eigenvalue weighted by Crippen LogP contribution is -2.32. The molecule has 1 rings (SSSR count). The van der Waals surface area contributed by atoms with Crippen LogP contribution < -0.4 is 0 Å². The Labute approximate surface area is 102 Å². The van der Waals surface area contributed by atoms with E-state index < -0.39 is 0 Å². The first-order valence-corrected chi connectivity index (χ1v) is 5.82. The molecule has 1 heterocycles. The highest BCUT2D eigenvalue weighted by Crippen LogP contribution is 2.11. The first-order chi connectivity index (χ1) is 8.13. The van der Waals surface area contributed by atoms with Gasteiger partial charge in [0.25, 0.3) is 5.91 Å². The lowest BCUT2D eigenvalue weighted by atomic mass is 10.2. The van der Waals surface area contributed by atoms with Gasteiger partial charge >= 0.3 is 0 Å². The fourth-order valence-electron chi connectivity index (χ4n) is 1.75. The van der Waals surface area contributed by atoms with Crippen molar-refractivity contribution in [1.29, 1.82) is 5.26 Å². The van der Waals surface area contributed by atoms with Crippen LogP contribution in [0.5, 0.6) is 0 Å². The van der Waals surface area contributed by atoms with Crippen molar-refractivity contribution in [1.82, 2.24) is 14.7 Å². The summed E-state index contributed by atoms with van der Waals surface area (Å²) in [5.74, 6) is -0.0987. The molecule has 0 atom stereocenters. The van der Waals surface area contributed by atoms with Crippen LogP contribution >= 0.6 is 0 Å². The number of hydrogen-bond donors (Lipinski definition) is 0. The third-order valence-electron chi connectivity index (χ3n) is 2.51. The van der Waals surface area contributed by atoms with Crippen molar-refractivity contribution in [3.63, 3.8) is 0 Å². The van der Waals surface area contributed by atoms with E-state index in [2.05, 4.69) is 5.10 Å². The molecular weight excluding hydrogens is 216 g/mol. The molecule has 0 saturated carbocycles. The molecule has 0 fully saturated rings. The molecule has 0 aliphatic rings. The van der Waals surface area contributed by atoms with E-state index in [0.29, 0.717) is 18.5 Å². The average Bonchev–Trinajstić information content (AvgIpc) is 2.69. The minimum Gasteiger partial charge on any atom is -0.325 e. The summed E-state index contributed by atoms with van der Waals surface area (Å²) in [5.41, 5.74) is 1.40. The van der Waals surface area contributed by atoms with Gasteiger partial charge in [0.2, 0.25) is 0 Å². The molecule has 0 unspecified atom stereocenters. The molecule has 1 aromatic rings. The number of rotatable bonds is 5. The van der Waals surface area contributed by atoms with E-state index in [1.807, 2.05) is 19.9 Å². The van der Waals surface area contributed by atoms with Gasteiger partial charge in [-0.2, -0.15) is 10.4 Å². The fraction of sp³-hybridized carbons (Fsp3) is 0.583. The zero-order chi connectivity index (χ0) is 12.8. The second-order valence-corrected chi connectivity index (χ2v) is 3.90. The summed E-state index contributed by atoms with van der Waals surface area (Å²) in [7, 11) is 1.80. The number of nitriles is 1. The lowest BCUT2D eigenvalue weighted by molar-refractivity contribution is 0.0775. The monoisotopic (exact) mass is 234 g/mol. The maximum atomic E-state index is 12.2. The lowest BCUT2D eigenvalue weighted by Gasteiger charge is -2.18. The molecule has 0 saturated heterocycles. The largest absolute Gasteiger partial charge is 0.325 e. The maximum Gasteiger partial charge on any atom is 0.258 e. The zero-order valence-electron chi connectivity index (χ0n) is 10.6. The number of carbonyl (C=O) groups is 1. The van der Waals surface area contributed by atoms with Gasteiger partial charge in [0.1, 0.15) is 6.54 Å². The predicted molar refractivity (Wildman–Crippen MR) is 64.4 cm³/mol. The highest BCUT2D eigenvalue weighted by molar-refractivity contribution is 5.95. The fourth-order valence-corrected chi connectivity index (χ4v) is 1.75. The Morgan fingerprint density at radius 2 is 2.29 bits per heavy atom. The summed E-state index contributed by atoms with van der Waals surface area (Å²) < 4.78 is 1.64. The molecule has 0 bridgehead atoms. The molecule has 0 N–H and O–H groups in total. The highest BCUT2D eigenvalue weighted by atomic mass is 16.2. The third-order valence-corrected chi connectivity index (χ3v) is 2.51. The van der Waals surface area contributed by atoms with E-state index in [9.17, 15) is 4.79 Å². The molecular formula is C12H18N4O. The van der Waals surface area contributed by atoms with Crippen molar-refractivity contribution < 1.29 is 4.79 Å². The summed E-state index contributed by atoms with van der Waals surface area (Å²) >= 11 is 0. The van der Waals surface area contributed by atoms with Crippen molar-refractivity contribution >= 4 is 5.91 Å². The van der Waals surface area contributed by atoms with Gasteiger partial charge in [0, 0.05) is 19.8 Å². The third kappa shape index (κ3) is 3.06. The number of carbonyl (C=O) groups excluding carboxylic acids is 1. The number of amides is 1. The second-order valence-electron chi connectivity index (χ2n) is 3.90. The van der Waals surface area contributed by atoms with Gasteiger partial charge in [-0.3, -0.25) is 9.48 Å². The van der Waals surface area contributed by atoms with Gasteiger partial charge in [-0.1, -0.05) is 13.8 Å². The Balaban J connectivity index is 2.96. The number of aromatic nitrogens is 2. The van der Waals surface area contributed by atoms with Crippen LogP contribution in [0.3, 0.4) is 0 Å². The minimum absolute atomic E-state index is 0.0987. The molecule has 92 valence electrons. The van der Waals surface area contributed by atoms with Gasteiger partial charge < -0.3 is 4.90 Å². The normalized spacial score (nSPS) is 10.0. The van der Waals surface area contributed by atoms with Crippen molar-refractivity contribution in [2.75, 3.05) is 13.1 Å². The summed E-state index contributed by atoms with van der Waals surface area (Å²) in [4.78, 5) is 13.8. The van der Waals surface area contributed by atoms with E-state index >= 15 is 0 Å². The number of hydrogen-bond acceptors (Lipinski definition) is 3. The van der Waals surface area contributed by atoms with Gasteiger partial charge in [-0.15, -0.1) is 0 Å². The van der Waals surface area contributed by atoms with Gasteiger partial charge in [0.05, 0.1) is 17.3 Å². The van der Waals surface area contributed by atoms with Crippen LogP contribution in [0.2, 0.25) is 0 Å². The first kappa shape index (κ1) is 13.2. The summed E-state index contributed by atoms with van der Waals surface area (Å²) in [6, 6.07) is 2.03. The molecule has 5 heteroatoms. The Kier molecular flexibility index (Phi) is 4.70. The van der Waals surface area contributed by atoms with Crippen LogP contribution in [0.15, 0.2) is 6.20 Å². The first-order valence-electron chi connectivity index (χ1n) is 5.82. The van der Waals surface area contributed by atoms with E-state index in [1.54, 1.807) is 22.8 Å². The SMILES string of the molecule is CCCN(CC#N)C(=O)c1cn(C)nc1CC. The topological polar surface area (TPSA) is 61.9 Å². The molecule has 1 aromatic heterocycles. The van der Waals surface area contributed by atoms with Crippen molar-refractivity contribution in [2.24, 2.45) is 7.05 Å². The van der Waals surface area contributed by atoms with Crippen LogP contribution in [0.1, 0.15) is 36.3 Å². The number of nitrogens with zero attached hydrogens (tertiary/aromatic N) is 4. The summed E-state index contributed by atoms with van der Waals surface area (Å²) in [6.45, 7) is 4.68. The quantitative estimate of drug-likeness (QED) is 0.723. The van der Waals surface area contributed by atoms with E-state index in [0.717, 1.165) is 12.1 Å². The van der Waals surface area contributed by atoms with Crippen LogP contribution in [0, 0.1) is 11.3 Å². The molecule has 0 aliphatic carbocycles. The smallest absolute Gasteiger partial charge is 0.258 e. The standard InChI is InChI=1S/C12H18N4O/c1-4-7-16(8-6-13)12(17)10-9-15(3)14-11(10)5-2/h9H,4-5,7-8H2,1-3H3. The van der Waals surface area contributed by atoms with Crippen LogP contribution in [0.25, 0.3) is 0 Å². The van der Waals surface area contributed by atoms with Crippen molar-refractivity contribution in [3.8, 4) is 6.07 Å². The number of aryl methyl sites for hydroxylation is 2. The van der Waals surface area contributed by atoms with Gasteiger partial charge in [-0.25, -0.2) is 0 Å². The molecule has 5 nitrogen and oxygen atoms in total. The van der Waals surface area contributed by atoms with Crippen molar-refractivity contribution in [3.05, 3.63) is 17.5 Å². The molecule has 1 amide bonds. The Bertz CT molecular complexity index is 430. The highest BCUT2D eigenvalue weighted by Gasteiger charge is 2.19. The Hall–Kier alpha value is -1.83. The summed E-state index contributed by atoms with van der Waals surface area (Å²) in [5, 5.41) is 13.0. The predicted octanol–water partition coefficient (Wildman–Crippen LogP) is 1.36. The Morgan fingerprint density at radius 1 is 1.59 bits per heavy atom. The minimum atomic E-state index is -0.0987. The molecule has 17 heavy (non-hydrogen) atoms. The second kappa shape index (κ2) is 6.04. The van der Waals surface area contributed by atoms with E-state index in [4.69, 9.17) is 5.26 Å². The van der Waals surface area contributed by atoms with Gasteiger partial charge in [-0.05, 0) is 12.8 Å². The molecule has 0 aromatic carbocycles. The zero-order valence-corrected chi connectivity index (χ0v) is 10.6. The molecule has 0 spiro atoms. The van der Waals surface area contributed by atoms with Crippen molar-refractivity contribution in [2.45, 2.75) is 26.7 Å². The summed E-state index contributed by atoms with van der Waals surface area (Å²) in [6.07, 6.45) is 3.28. The molecule has 0 radical (unpaired) electrons. The molecule has 0 aliphatic heterocycles. The van der Waals surface area contributed by atoms with E-state index in [1.165, 1.54) is 0 Å². The van der Waals surface area contributed by atoms with Crippen LogP contribution in [0.4, 0.5) is 0 Å². The maximum absolute atomic E-state index is 12.2. The van der Waals surface area contributed by atoms with Crippen LogP contribution in [-0.4, -0.2) is 33.7 Å². The average molecular weight is 234 g/mol. The van der Waals surface area contributed by atoms with Gasteiger partial charge in [0.15, 0.2) is 0 Å². The Morgan fingerprint density at radius 3 is 2.82 bits per heavy atom. The van der Waals surface area contributed by atoms with E-state index in [-0.39, 0.29) is 12.5 Å². The van der Waals surface area contributed by atoms with Crippen LogP contribution in [-0.2, 0) is 13.5 Å².